The molecule has 0 amide bonds. The summed E-state index contributed by atoms with van der Waals surface area (Å²) in [5.41, 5.74) is 1.03. The van der Waals surface area contributed by atoms with Crippen LogP contribution in [0.3, 0.4) is 0 Å². The predicted octanol–water partition coefficient (Wildman–Crippen LogP) is 2.51. The van der Waals surface area contributed by atoms with Gasteiger partial charge in [-0.3, -0.25) is 0 Å². The second-order valence-corrected chi connectivity index (χ2v) is 6.86. The Hall–Kier alpha value is -0.620. The summed E-state index contributed by atoms with van der Waals surface area (Å²) in [6.45, 7) is 4.45. The number of sulfonamides is 1. The summed E-state index contributed by atoms with van der Waals surface area (Å²) in [5.74, 6) is 0.526. The van der Waals surface area contributed by atoms with E-state index in [0.29, 0.717) is 23.9 Å². The fourth-order valence-corrected chi connectivity index (χ4v) is 3.96. The Bertz CT molecular complexity index is 502. The first kappa shape index (κ1) is 17.4. The highest BCUT2D eigenvalue weighted by Crippen LogP contribution is 2.19. The van der Waals surface area contributed by atoms with E-state index in [1.54, 1.807) is 19.2 Å². The van der Waals surface area contributed by atoms with Crippen LogP contribution in [0.1, 0.15) is 19.4 Å². The molecule has 1 rings (SSSR count). The van der Waals surface area contributed by atoms with Gasteiger partial charge in [-0.2, -0.15) is 4.31 Å². The molecule has 0 saturated heterocycles. The topological polar surface area (TPSA) is 46.6 Å². The Labute approximate surface area is 126 Å². The van der Waals surface area contributed by atoms with Crippen molar-refractivity contribution in [1.29, 1.82) is 0 Å². The van der Waals surface area contributed by atoms with Gasteiger partial charge in [0.25, 0.3) is 0 Å². The lowest BCUT2D eigenvalue weighted by Crippen LogP contribution is -2.40. The Kier molecular flexibility index (Phi) is 6.95. The standard InChI is InChI=1S/C14H22ClNO3S/c1-4-16(12(2)11-19-3)20(17,18)14-7-5-13(6-8-14)9-10-15/h5-8,12H,4,9-11H2,1-3H3. The molecule has 1 unspecified atom stereocenters. The molecule has 0 saturated carbocycles. The van der Waals surface area contributed by atoms with Gasteiger partial charge in [0.1, 0.15) is 0 Å². The molecule has 0 aliphatic heterocycles. The number of nitrogens with zero attached hydrogens (tertiary/aromatic N) is 1. The molecular weight excluding hydrogens is 298 g/mol. The predicted molar refractivity (Wildman–Crippen MR) is 81.8 cm³/mol. The Morgan fingerprint density at radius 2 is 1.90 bits per heavy atom. The summed E-state index contributed by atoms with van der Waals surface area (Å²) in [6.07, 6.45) is 0.736. The molecule has 1 aromatic rings. The van der Waals surface area contributed by atoms with Crippen LogP contribution in [-0.4, -0.2) is 44.9 Å². The number of halogens is 1. The van der Waals surface area contributed by atoms with Crippen LogP contribution in [0.5, 0.6) is 0 Å². The minimum absolute atomic E-state index is 0.197. The largest absolute Gasteiger partial charge is 0.383 e. The van der Waals surface area contributed by atoms with Gasteiger partial charge in [0.05, 0.1) is 11.5 Å². The lowest BCUT2D eigenvalue weighted by Gasteiger charge is -2.26. The smallest absolute Gasteiger partial charge is 0.243 e. The van der Waals surface area contributed by atoms with Crippen molar-refractivity contribution in [1.82, 2.24) is 4.31 Å². The molecule has 0 heterocycles. The molecule has 114 valence electrons. The molecule has 0 radical (unpaired) electrons. The first-order valence-electron chi connectivity index (χ1n) is 6.63. The summed E-state index contributed by atoms with van der Waals surface area (Å²) in [6, 6.07) is 6.70. The normalized spacial score (nSPS) is 13.7. The average molecular weight is 320 g/mol. The summed E-state index contributed by atoms with van der Waals surface area (Å²) >= 11 is 5.67. The lowest BCUT2D eigenvalue weighted by atomic mass is 10.2. The number of rotatable bonds is 8. The van der Waals surface area contributed by atoms with Gasteiger partial charge in [-0.1, -0.05) is 19.1 Å². The molecule has 0 fully saturated rings. The fraction of sp³-hybridized carbons (Fsp3) is 0.571. The van der Waals surface area contributed by atoms with E-state index in [2.05, 4.69) is 0 Å². The number of likely N-dealkylation sites (N-methyl/N-ethyl adjacent to an activating group) is 1. The third kappa shape index (κ3) is 4.19. The van der Waals surface area contributed by atoms with E-state index in [0.717, 1.165) is 12.0 Å². The number of hydrogen-bond acceptors (Lipinski definition) is 3. The van der Waals surface area contributed by atoms with Crippen molar-refractivity contribution >= 4 is 21.6 Å². The highest BCUT2D eigenvalue weighted by molar-refractivity contribution is 7.89. The molecular formula is C14H22ClNO3S. The zero-order chi connectivity index (χ0) is 15.2. The monoisotopic (exact) mass is 319 g/mol. The van der Waals surface area contributed by atoms with Crippen molar-refractivity contribution in [2.45, 2.75) is 31.2 Å². The van der Waals surface area contributed by atoms with Crippen molar-refractivity contribution in [3.8, 4) is 0 Å². The Morgan fingerprint density at radius 3 is 2.35 bits per heavy atom. The van der Waals surface area contributed by atoms with Crippen molar-refractivity contribution in [2.75, 3.05) is 26.1 Å². The highest BCUT2D eigenvalue weighted by atomic mass is 35.5. The van der Waals surface area contributed by atoms with Crippen LogP contribution in [-0.2, 0) is 21.2 Å². The molecule has 4 nitrogen and oxygen atoms in total. The van der Waals surface area contributed by atoms with Gasteiger partial charge in [0.2, 0.25) is 10.0 Å². The number of ether oxygens (including phenoxy) is 1. The van der Waals surface area contributed by atoms with Gasteiger partial charge in [-0.15, -0.1) is 11.6 Å². The second kappa shape index (κ2) is 7.98. The van der Waals surface area contributed by atoms with E-state index in [-0.39, 0.29) is 6.04 Å². The minimum atomic E-state index is -3.48. The molecule has 1 aromatic carbocycles. The second-order valence-electron chi connectivity index (χ2n) is 4.60. The van der Waals surface area contributed by atoms with Crippen LogP contribution in [0.25, 0.3) is 0 Å². The van der Waals surface area contributed by atoms with Crippen molar-refractivity contribution < 1.29 is 13.2 Å². The van der Waals surface area contributed by atoms with Crippen molar-refractivity contribution in [2.24, 2.45) is 0 Å². The van der Waals surface area contributed by atoms with E-state index in [4.69, 9.17) is 16.3 Å². The Morgan fingerprint density at radius 1 is 1.30 bits per heavy atom. The summed E-state index contributed by atoms with van der Waals surface area (Å²) in [5, 5.41) is 0. The van der Waals surface area contributed by atoms with E-state index in [1.807, 2.05) is 26.0 Å². The van der Waals surface area contributed by atoms with Crippen LogP contribution < -0.4 is 0 Å². The Balaban J connectivity index is 3.01. The molecule has 0 bridgehead atoms. The molecule has 6 heteroatoms. The maximum absolute atomic E-state index is 12.6. The minimum Gasteiger partial charge on any atom is -0.383 e. The van der Waals surface area contributed by atoms with E-state index < -0.39 is 10.0 Å². The third-order valence-electron chi connectivity index (χ3n) is 3.12. The SMILES string of the molecule is CCN(C(C)COC)S(=O)(=O)c1ccc(CCCl)cc1. The highest BCUT2D eigenvalue weighted by Gasteiger charge is 2.27. The summed E-state index contributed by atoms with van der Waals surface area (Å²) in [4.78, 5) is 0.306. The summed E-state index contributed by atoms with van der Waals surface area (Å²) in [7, 11) is -1.92. The van der Waals surface area contributed by atoms with Gasteiger partial charge in [0, 0.05) is 25.6 Å². The van der Waals surface area contributed by atoms with Crippen molar-refractivity contribution in [3.05, 3.63) is 29.8 Å². The molecule has 0 aliphatic carbocycles. The van der Waals surface area contributed by atoms with E-state index in [1.165, 1.54) is 4.31 Å². The van der Waals surface area contributed by atoms with Gasteiger partial charge in [-0.25, -0.2) is 8.42 Å². The zero-order valence-electron chi connectivity index (χ0n) is 12.2. The number of aryl methyl sites for hydroxylation is 1. The van der Waals surface area contributed by atoms with E-state index in [9.17, 15) is 8.42 Å². The number of alkyl halides is 1. The van der Waals surface area contributed by atoms with E-state index >= 15 is 0 Å². The molecule has 20 heavy (non-hydrogen) atoms. The van der Waals surface area contributed by atoms with Crippen LogP contribution in [0, 0.1) is 0 Å². The average Bonchev–Trinajstić information content (AvgIpc) is 2.40. The fourth-order valence-electron chi connectivity index (χ4n) is 2.12. The van der Waals surface area contributed by atoms with Crippen LogP contribution >= 0.6 is 11.6 Å². The van der Waals surface area contributed by atoms with Gasteiger partial charge >= 0.3 is 0 Å². The third-order valence-corrected chi connectivity index (χ3v) is 5.42. The zero-order valence-corrected chi connectivity index (χ0v) is 13.7. The molecule has 0 N–H and O–H groups in total. The number of benzene rings is 1. The van der Waals surface area contributed by atoms with Gasteiger partial charge in [0.15, 0.2) is 0 Å². The first-order valence-corrected chi connectivity index (χ1v) is 8.60. The maximum Gasteiger partial charge on any atom is 0.243 e. The first-order chi connectivity index (χ1) is 9.47. The number of methoxy groups -OCH3 is 1. The maximum atomic E-state index is 12.6. The molecule has 0 aliphatic rings. The molecule has 1 atom stereocenters. The number of hydrogen-bond donors (Lipinski definition) is 0. The van der Waals surface area contributed by atoms with Gasteiger partial charge < -0.3 is 4.74 Å². The quantitative estimate of drug-likeness (QED) is 0.692. The van der Waals surface area contributed by atoms with Gasteiger partial charge in [-0.05, 0) is 31.0 Å². The molecule has 0 spiro atoms. The van der Waals surface area contributed by atoms with Crippen molar-refractivity contribution in [3.63, 3.8) is 0 Å². The molecule has 0 aromatic heterocycles. The summed E-state index contributed by atoms with van der Waals surface area (Å²) < 4.78 is 31.7. The van der Waals surface area contributed by atoms with Crippen LogP contribution in [0.2, 0.25) is 0 Å². The lowest BCUT2D eigenvalue weighted by molar-refractivity contribution is 0.142. The van der Waals surface area contributed by atoms with Crippen LogP contribution in [0.15, 0.2) is 29.2 Å². The van der Waals surface area contributed by atoms with Crippen LogP contribution in [0.4, 0.5) is 0 Å².